The van der Waals surface area contributed by atoms with Gasteiger partial charge in [0.1, 0.15) is 5.60 Å². The second-order valence-corrected chi connectivity index (χ2v) is 9.38. The average Bonchev–Trinajstić information content (AvgIpc) is 3.16. The van der Waals surface area contributed by atoms with Crippen molar-refractivity contribution in [2.75, 3.05) is 0 Å². The maximum atomic E-state index is 6.72. The molecule has 2 heterocycles. The van der Waals surface area contributed by atoms with E-state index < -0.39 is 0 Å². The van der Waals surface area contributed by atoms with E-state index in [0.717, 1.165) is 12.8 Å². The highest BCUT2D eigenvalue weighted by Gasteiger charge is 2.66. The Balaban J connectivity index is 1.46. The maximum Gasteiger partial charge on any atom is 0.100 e. The lowest BCUT2D eigenvalue weighted by Crippen LogP contribution is -2.48. The van der Waals surface area contributed by atoms with Crippen LogP contribution >= 0.6 is 0 Å². The average molecular weight is 395 g/mol. The number of fused-ring (bicyclic) bond motifs is 2. The molecule has 2 aromatic rings. The van der Waals surface area contributed by atoms with Gasteiger partial charge >= 0.3 is 0 Å². The Morgan fingerprint density at radius 1 is 0.862 bits per heavy atom. The summed E-state index contributed by atoms with van der Waals surface area (Å²) >= 11 is 0. The van der Waals surface area contributed by atoms with Gasteiger partial charge in [-0.3, -0.25) is 0 Å². The first kappa shape index (κ1) is 20.6. The number of ether oxygens (including phenoxy) is 3. The van der Waals surface area contributed by atoms with Crippen LogP contribution in [0.4, 0.5) is 0 Å². The summed E-state index contributed by atoms with van der Waals surface area (Å²) in [4.78, 5) is 0. The lowest BCUT2D eigenvalue weighted by Gasteiger charge is -2.38. The molecule has 3 heteroatoms. The quantitative estimate of drug-likeness (QED) is 0.598. The van der Waals surface area contributed by atoms with Crippen LogP contribution in [0.1, 0.15) is 55.9 Å². The van der Waals surface area contributed by atoms with Crippen LogP contribution in [0.2, 0.25) is 0 Å². The Kier molecular flexibility index (Phi) is 5.58. The van der Waals surface area contributed by atoms with E-state index in [9.17, 15) is 0 Å². The Labute approximate surface area is 175 Å². The summed E-state index contributed by atoms with van der Waals surface area (Å²) in [5.74, 6) is 0.373. The van der Waals surface area contributed by atoms with E-state index in [1.165, 1.54) is 22.3 Å². The van der Waals surface area contributed by atoms with Crippen molar-refractivity contribution in [3.8, 4) is 0 Å². The first-order valence-electron chi connectivity index (χ1n) is 10.9. The predicted octanol–water partition coefficient (Wildman–Crippen LogP) is 5.75. The lowest BCUT2D eigenvalue weighted by atomic mass is 9.73. The molecule has 0 radical (unpaired) electrons. The van der Waals surface area contributed by atoms with E-state index >= 15 is 0 Å². The highest BCUT2D eigenvalue weighted by Crippen LogP contribution is 2.56. The molecule has 2 aliphatic rings. The summed E-state index contributed by atoms with van der Waals surface area (Å²) in [7, 11) is 0. The molecule has 0 aromatic heterocycles. The normalized spacial score (nSPS) is 31.0. The highest BCUT2D eigenvalue weighted by atomic mass is 16.6. The van der Waals surface area contributed by atoms with E-state index in [2.05, 4.69) is 83.1 Å². The largest absolute Gasteiger partial charge is 0.370 e. The van der Waals surface area contributed by atoms with Crippen molar-refractivity contribution in [3.05, 3.63) is 70.8 Å². The van der Waals surface area contributed by atoms with Gasteiger partial charge in [-0.15, -0.1) is 0 Å². The van der Waals surface area contributed by atoms with Gasteiger partial charge in [-0.05, 0) is 48.9 Å². The van der Waals surface area contributed by atoms with Gasteiger partial charge < -0.3 is 14.2 Å². The van der Waals surface area contributed by atoms with Crippen LogP contribution in [-0.2, 0) is 27.4 Å². The van der Waals surface area contributed by atoms with E-state index in [-0.39, 0.29) is 23.4 Å². The SMILES string of the molecule is Cc1ccccc1CO[C@H]1C[C@]2(C)O[C@@]1(C(C)C)C[C@H]2OCc1ccccc1C. The lowest BCUT2D eigenvalue weighted by molar-refractivity contribution is -0.121. The molecular weight excluding hydrogens is 360 g/mol. The second kappa shape index (κ2) is 7.86. The van der Waals surface area contributed by atoms with E-state index in [1.54, 1.807) is 0 Å². The number of aryl methyl sites for hydroxylation is 2. The monoisotopic (exact) mass is 394 g/mol. The Morgan fingerprint density at radius 3 is 1.90 bits per heavy atom. The van der Waals surface area contributed by atoms with Gasteiger partial charge in [0.05, 0.1) is 31.0 Å². The zero-order chi connectivity index (χ0) is 20.6. The van der Waals surface area contributed by atoms with Crippen LogP contribution in [0, 0.1) is 19.8 Å². The van der Waals surface area contributed by atoms with Crippen LogP contribution in [-0.4, -0.2) is 23.4 Å². The van der Waals surface area contributed by atoms with Crippen molar-refractivity contribution in [2.45, 2.75) is 84.1 Å². The first-order valence-corrected chi connectivity index (χ1v) is 10.9. The fourth-order valence-corrected chi connectivity index (χ4v) is 5.04. The van der Waals surface area contributed by atoms with E-state index in [4.69, 9.17) is 14.2 Å². The van der Waals surface area contributed by atoms with Crippen molar-refractivity contribution in [1.29, 1.82) is 0 Å². The van der Waals surface area contributed by atoms with Crippen LogP contribution in [0.25, 0.3) is 0 Å². The summed E-state index contributed by atoms with van der Waals surface area (Å²) < 4.78 is 19.6. The number of hydrogen-bond acceptors (Lipinski definition) is 3. The third-order valence-corrected chi connectivity index (χ3v) is 7.12. The molecule has 2 saturated heterocycles. The summed E-state index contributed by atoms with van der Waals surface area (Å²) in [6, 6.07) is 16.9. The van der Waals surface area contributed by atoms with Crippen LogP contribution in [0.5, 0.6) is 0 Å². The van der Waals surface area contributed by atoms with Gasteiger partial charge in [-0.1, -0.05) is 62.4 Å². The molecule has 0 spiro atoms. The zero-order valence-electron chi connectivity index (χ0n) is 18.4. The molecule has 0 saturated carbocycles. The number of rotatable bonds is 7. The third-order valence-electron chi connectivity index (χ3n) is 7.12. The van der Waals surface area contributed by atoms with Gasteiger partial charge in [0.25, 0.3) is 0 Å². The standard InChI is InChI=1S/C26H34O3/c1-18(2)26-15-23(27-16-21-12-8-6-10-19(21)3)25(5,29-26)14-24(26)28-17-22-13-9-7-11-20(22)4/h6-13,18,23-24H,14-17H2,1-5H3/t23-,24+,25+,26-/m1/s1. The number of benzene rings is 2. The van der Waals surface area contributed by atoms with Gasteiger partial charge in [-0.2, -0.15) is 0 Å². The van der Waals surface area contributed by atoms with Crippen molar-refractivity contribution < 1.29 is 14.2 Å². The Bertz CT molecular complexity index is 861. The zero-order valence-corrected chi connectivity index (χ0v) is 18.4. The minimum absolute atomic E-state index is 0.0998. The van der Waals surface area contributed by atoms with Crippen LogP contribution in [0.15, 0.2) is 48.5 Å². The fourth-order valence-electron chi connectivity index (χ4n) is 5.04. The molecule has 0 amide bonds. The molecule has 4 rings (SSSR count). The maximum absolute atomic E-state index is 6.72. The molecule has 3 nitrogen and oxygen atoms in total. The molecule has 2 fully saturated rings. The molecule has 2 aliphatic heterocycles. The highest BCUT2D eigenvalue weighted by molar-refractivity contribution is 5.26. The molecule has 2 aromatic carbocycles. The molecule has 4 atom stereocenters. The minimum Gasteiger partial charge on any atom is -0.370 e. The summed E-state index contributed by atoms with van der Waals surface area (Å²) in [5, 5.41) is 0. The third kappa shape index (κ3) is 3.76. The topological polar surface area (TPSA) is 27.7 Å². The van der Waals surface area contributed by atoms with Gasteiger partial charge in [-0.25, -0.2) is 0 Å². The number of hydrogen-bond donors (Lipinski definition) is 0. The molecular formula is C26H34O3. The minimum atomic E-state index is -0.288. The second-order valence-electron chi connectivity index (χ2n) is 9.38. The van der Waals surface area contributed by atoms with Gasteiger partial charge in [0, 0.05) is 12.8 Å². The molecule has 0 aliphatic carbocycles. The van der Waals surface area contributed by atoms with Crippen molar-refractivity contribution in [2.24, 2.45) is 5.92 Å². The molecule has 2 bridgehead atoms. The van der Waals surface area contributed by atoms with E-state index in [1.807, 2.05) is 0 Å². The van der Waals surface area contributed by atoms with Crippen molar-refractivity contribution in [3.63, 3.8) is 0 Å². The smallest absolute Gasteiger partial charge is 0.100 e. The predicted molar refractivity (Wildman–Crippen MR) is 116 cm³/mol. The van der Waals surface area contributed by atoms with E-state index in [0.29, 0.717) is 19.1 Å². The Morgan fingerprint density at radius 2 is 1.38 bits per heavy atom. The Hall–Kier alpha value is -1.68. The van der Waals surface area contributed by atoms with Crippen LogP contribution < -0.4 is 0 Å². The van der Waals surface area contributed by atoms with Gasteiger partial charge in [0.2, 0.25) is 0 Å². The van der Waals surface area contributed by atoms with Gasteiger partial charge in [0.15, 0.2) is 0 Å². The molecule has 29 heavy (non-hydrogen) atoms. The summed E-state index contributed by atoms with van der Waals surface area (Å²) in [5.41, 5.74) is 4.51. The summed E-state index contributed by atoms with van der Waals surface area (Å²) in [6.45, 7) is 12.3. The first-order chi connectivity index (χ1) is 13.8. The van der Waals surface area contributed by atoms with Crippen molar-refractivity contribution in [1.82, 2.24) is 0 Å². The molecule has 0 N–H and O–H groups in total. The van der Waals surface area contributed by atoms with Crippen molar-refractivity contribution >= 4 is 0 Å². The van der Waals surface area contributed by atoms with Crippen LogP contribution in [0.3, 0.4) is 0 Å². The fraction of sp³-hybridized carbons (Fsp3) is 0.538. The summed E-state index contributed by atoms with van der Waals surface area (Å²) in [6.07, 6.45) is 1.98. The molecule has 0 unspecified atom stereocenters. The molecule has 156 valence electrons.